The number of carbonyl (C=O) groups is 2. The van der Waals surface area contributed by atoms with Crippen molar-refractivity contribution in [2.45, 2.75) is 0 Å². The minimum Gasteiger partial charge on any atom is -0.313 e. The summed E-state index contributed by atoms with van der Waals surface area (Å²) in [5.41, 5.74) is 3.68. The van der Waals surface area contributed by atoms with Gasteiger partial charge in [0, 0.05) is 19.7 Å². The summed E-state index contributed by atoms with van der Waals surface area (Å²) in [6.07, 6.45) is 0. The second-order valence-corrected chi connectivity index (χ2v) is 6.43. The number of hydrogen-bond donors (Lipinski definition) is 2. The molecule has 0 fully saturated rings. The molecule has 6 heteroatoms. The molecule has 0 bridgehead atoms. The van der Waals surface area contributed by atoms with Crippen LogP contribution in [0.4, 0.5) is 5.00 Å². The monoisotopic (exact) mass is 339 g/mol. The Hall–Kier alpha value is -2.70. The lowest BCUT2D eigenvalue weighted by Gasteiger charge is -2.12. The SMILES string of the molecule is CN(C)NC(=O)c1ccsc1NC(=O)c1ccc2ccccc2c1. The zero-order valence-corrected chi connectivity index (χ0v) is 14.2. The number of hydrogen-bond acceptors (Lipinski definition) is 4. The summed E-state index contributed by atoms with van der Waals surface area (Å²) in [4.78, 5) is 24.6. The van der Waals surface area contributed by atoms with Crippen LogP contribution in [0.5, 0.6) is 0 Å². The number of amides is 2. The maximum atomic E-state index is 12.5. The van der Waals surface area contributed by atoms with Crippen LogP contribution in [0.2, 0.25) is 0 Å². The van der Waals surface area contributed by atoms with Gasteiger partial charge in [-0.15, -0.1) is 11.3 Å². The highest BCUT2D eigenvalue weighted by atomic mass is 32.1. The number of benzene rings is 2. The van der Waals surface area contributed by atoms with Gasteiger partial charge in [-0.3, -0.25) is 15.0 Å². The predicted octanol–water partition coefficient (Wildman–Crippen LogP) is 3.36. The number of anilines is 1. The Labute approximate surface area is 143 Å². The molecular weight excluding hydrogens is 322 g/mol. The molecule has 2 N–H and O–H groups in total. The second kappa shape index (κ2) is 6.82. The third kappa shape index (κ3) is 3.45. The summed E-state index contributed by atoms with van der Waals surface area (Å²) in [6.45, 7) is 0. The molecule has 122 valence electrons. The third-order valence-electron chi connectivity index (χ3n) is 3.47. The van der Waals surface area contributed by atoms with Gasteiger partial charge in [0.25, 0.3) is 11.8 Å². The summed E-state index contributed by atoms with van der Waals surface area (Å²) in [7, 11) is 3.47. The molecule has 0 saturated heterocycles. The smallest absolute Gasteiger partial charge is 0.268 e. The fourth-order valence-corrected chi connectivity index (χ4v) is 3.13. The molecule has 1 aromatic heterocycles. The van der Waals surface area contributed by atoms with Crippen LogP contribution in [0.1, 0.15) is 20.7 Å². The topological polar surface area (TPSA) is 61.4 Å². The molecule has 2 aromatic carbocycles. The van der Waals surface area contributed by atoms with E-state index < -0.39 is 0 Å². The molecule has 0 aliphatic carbocycles. The minimum absolute atomic E-state index is 0.234. The lowest BCUT2D eigenvalue weighted by Crippen LogP contribution is -2.36. The van der Waals surface area contributed by atoms with E-state index in [1.165, 1.54) is 11.3 Å². The average molecular weight is 339 g/mol. The average Bonchev–Trinajstić information content (AvgIpc) is 3.02. The van der Waals surface area contributed by atoms with Crippen LogP contribution in [0.3, 0.4) is 0 Å². The van der Waals surface area contributed by atoms with E-state index in [2.05, 4.69) is 10.7 Å². The fraction of sp³-hybridized carbons (Fsp3) is 0.111. The standard InChI is InChI=1S/C18H17N3O2S/c1-21(2)20-17(23)15-9-10-24-18(15)19-16(22)14-8-7-12-5-3-4-6-13(12)11-14/h3-11H,1-2H3,(H,19,22)(H,20,23). The van der Waals surface area contributed by atoms with Crippen molar-refractivity contribution in [3.8, 4) is 0 Å². The van der Waals surface area contributed by atoms with Crippen LogP contribution in [0.15, 0.2) is 53.9 Å². The minimum atomic E-state index is -0.255. The van der Waals surface area contributed by atoms with Crippen molar-refractivity contribution >= 4 is 38.9 Å². The van der Waals surface area contributed by atoms with Crippen LogP contribution in [-0.4, -0.2) is 30.9 Å². The number of thiophene rings is 1. The molecule has 0 atom stereocenters. The van der Waals surface area contributed by atoms with Crippen LogP contribution < -0.4 is 10.7 Å². The molecule has 1 heterocycles. The number of carbonyl (C=O) groups excluding carboxylic acids is 2. The summed E-state index contributed by atoms with van der Waals surface area (Å²) < 4.78 is 0. The molecular formula is C18H17N3O2S. The first kappa shape index (κ1) is 16.2. The van der Waals surface area contributed by atoms with E-state index in [0.29, 0.717) is 16.1 Å². The number of fused-ring (bicyclic) bond motifs is 1. The highest BCUT2D eigenvalue weighted by Crippen LogP contribution is 2.24. The lowest BCUT2D eigenvalue weighted by molar-refractivity contribution is 0.0858. The molecule has 0 spiro atoms. The zero-order valence-electron chi connectivity index (χ0n) is 13.4. The van der Waals surface area contributed by atoms with E-state index in [1.807, 2.05) is 36.4 Å². The highest BCUT2D eigenvalue weighted by Gasteiger charge is 2.16. The molecule has 0 saturated carbocycles. The van der Waals surface area contributed by atoms with Gasteiger partial charge >= 0.3 is 0 Å². The normalized spacial score (nSPS) is 10.8. The Morgan fingerprint density at radius 2 is 1.71 bits per heavy atom. The van der Waals surface area contributed by atoms with Gasteiger partial charge in [-0.05, 0) is 34.4 Å². The maximum absolute atomic E-state index is 12.5. The first-order valence-corrected chi connectivity index (χ1v) is 8.28. The van der Waals surface area contributed by atoms with Crippen LogP contribution in [0, 0.1) is 0 Å². The first-order valence-electron chi connectivity index (χ1n) is 7.40. The zero-order chi connectivity index (χ0) is 17.1. The first-order chi connectivity index (χ1) is 11.5. The summed E-state index contributed by atoms with van der Waals surface area (Å²) in [6, 6.07) is 15.1. The van der Waals surface area contributed by atoms with Crippen molar-refractivity contribution < 1.29 is 9.59 Å². The Morgan fingerprint density at radius 3 is 2.46 bits per heavy atom. The molecule has 3 aromatic rings. The molecule has 2 amide bonds. The van der Waals surface area contributed by atoms with Crippen molar-refractivity contribution in [2.24, 2.45) is 0 Å². The van der Waals surface area contributed by atoms with Crippen molar-refractivity contribution in [1.29, 1.82) is 0 Å². The molecule has 0 aliphatic rings. The predicted molar refractivity (Wildman–Crippen MR) is 97.4 cm³/mol. The summed E-state index contributed by atoms with van der Waals surface area (Å²) in [5.74, 6) is -0.489. The maximum Gasteiger partial charge on any atom is 0.268 e. The quantitative estimate of drug-likeness (QED) is 0.717. The van der Waals surface area contributed by atoms with E-state index >= 15 is 0 Å². The third-order valence-corrected chi connectivity index (χ3v) is 4.30. The molecule has 0 unspecified atom stereocenters. The molecule has 0 radical (unpaired) electrons. The van der Waals surface area contributed by atoms with E-state index in [-0.39, 0.29) is 11.8 Å². The number of hydrazine groups is 1. The largest absolute Gasteiger partial charge is 0.313 e. The van der Waals surface area contributed by atoms with Crippen LogP contribution >= 0.6 is 11.3 Å². The fourth-order valence-electron chi connectivity index (χ4n) is 2.35. The van der Waals surface area contributed by atoms with Gasteiger partial charge in [-0.25, -0.2) is 5.01 Å². The van der Waals surface area contributed by atoms with Crippen molar-refractivity contribution in [2.75, 3.05) is 19.4 Å². The van der Waals surface area contributed by atoms with Gasteiger partial charge in [-0.1, -0.05) is 30.3 Å². The Balaban J connectivity index is 1.82. The number of rotatable bonds is 4. The van der Waals surface area contributed by atoms with Gasteiger partial charge in [0.2, 0.25) is 0 Å². The Bertz CT molecular complexity index is 902. The van der Waals surface area contributed by atoms with E-state index in [4.69, 9.17) is 0 Å². The van der Waals surface area contributed by atoms with Crippen LogP contribution in [-0.2, 0) is 0 Å². The van der Waals surface area contributed by atoms with E-state index in [0.717, 1.165) is 10.8 Å². The van der Waals surface area contributed by atoms with Gasteiger partial charge < -0.3 is 5.32 Å². The van der Waals surface area contributed by atoms with E-state index in [1.54, 1.807) is 36.6 Å². The van der Waals surface area contributed by atoms with Crippen LogP contribution in [0.25, 0.3) is 10.8 Å². The van der Waals surface area contributed by atoms with Gasteiger partial charge in [0.15, 0.2) is 0 Å². The van der Waals surface area contributed by atoms with Crippen molar-refractivity contribution in [3.63, 3.8) is 0 Å². The van der Waals surface area contributed by atoms with E-state index in [9.17, 15) is 9.59 Å². The van der Waals surface area contributed by atoms with Gasteiger partial charge in [0.1, 0.15) is 5.00 Å². The van der Waals surface area contributed by atoms with Gasteiger partial charge in [-0.2, -0.15) is 0 Å². The Kier molecular flexibility index (Phi) is 4.59. The molecule has 5 nitrogen and oxygen atoms in total. The molecule has 24 heavy (non-hydrogen) atoms. The van der Waals surface area contributed by atoms with Crippen molar-refractivity contribution in [3.05, 3.63) is 65.0 Å². The van der Waals surface area contributed by atoms with Crippen molar-refractivity contribution in [1.82, 2.24) is 10.4 Å². The Morgan fingerprint density at radius 1 is 0.958 bits per heavy atom. The summed E-state index contributed by atoms with van der Waals surface area (Å²) in [5, 5.41) is 8.78. The second-order valence-electron chi connectivity index (χ2n) is 5.51. The highest BCUT2D eigenvalue weighted by molar-refractivity contribution is 7.14. The molecule has 0 aliphatic heterocycles. The molecule has 3 rings (SSSR count). The number of nitrogens with one attached hydrogen (secondary N) is 2. The number of nitrogens with zero attached hydrogens (tertiary/aromatic N) is 1. The lowest BCUT2D eigenvalue weighted by atomic mass is 10.1. The summed E-state index contributed by atoms with van der Waals surface area (Å²) >= 11 is 1.32. The van der Waals surface area contributed by atoms with Gasteiger partial charge in [0.05, 0.1) is 5.56 Å².